The summed E-state index contributed by atoms with van der Waals surface area (Å²) in [6.45, 7) is 0. The SMILES string of the molecule is Fc1ccc(-c2ccc(F)c(CBr)n2)cc1. The average molecular weight is 284 g/mol. The minimum atomic E-state index is -0.345. The van der Waals surface area contributed by atoms with Crippen molar-refractivity contribution in [3.8, 4) is 11.3 Å². The molecule has 1 heterocycles. The van der Waals surface area contributed by atoms with Crippen LogP contribution in [0.25, 0.3) is 11.3 Å². The van der Waals surface area contributed by atoms with Crippen LogP contribution in [0.2, 0.25) is 0 Å². The fraction of sp³-hybridized carbons (Fsp3) is 0.0833. The van der Waals surface area contributed by atoms with E-state index in [4.69, 9.17) is 0 Å². The fourth-order valence-corrected chi connectivity index (χ4v) is 1.75. The largest absolute Gasteiger partial charge is 0.249 e. The summed E-state index contributed by atoms with van der Waals surface area (Å²) in [5.74, 6) is -0.644. The summed E-state index contributed by atoms with van der Waals surface area (Å²) in [5.41, 5.74) is 1.75. The number of hydrogen-bond donors (Lipinski definition) is 0. The van der Waals surface area contributed by atoms with Crippen molar-refractivity contribution in [3.63, 3.8) is 0 Å². The fourth-order valence-electron chi connectivity index (χ4n) is 1.36. The third-order valence-corrected chi connectivity index (χ3v) is 2.72. The number of nitrogens with zero attached hydrogens (tertiary/aromatic N) is 1. The van der Waals surface area contributed by atoms with E-state index in [-0.39, 0.29) is 11.6 Å². The van der Waals surface area contributed by atoms with Crippen LogP contribution in [0.15, 0.2) is 36.4 Å². The lowest BCUT2D eigenvalue weighted by Gasteiger charge is -2.03. The summed E-state index contributed by atoms with van der Waals surface area (Å²) in [7, 11) is 0. The number of alkyl halides is 1. The molecule has 0 radical (unpaired) electrons. The number of hydrogen-bond acceptors (Lipinski definition) is 1. The highest BCUT2D eigenvalue weighted by Crippen LogP contribution is 2.20. The third-order valence-electron chi connectivity index (χ3n) is 2.19. The van der Waals surface area contributed by atoms with Gasteiger partial charge in [0.25, 0.3) is 0 Å². The second-order valence-electron chi connectivity index (χ2n) is 3.27. The van der Waals surface area contributed by atoms with Crippen molar-refractivity contribution in [3.05, 3.63) is 53.7 Å². The van der Waals surface area contributed by atoms with Crippen LogP contribution in [0.5, 0.6) is 0 Å². The summed E-state index contributed by atoms with van der Waals surface area (Å²) < 4.78 is 25.9. The Balaban J connectivity index is 2.44. The van der Waals surface area contributed by atoms with Crippen LogP contribution in [-0.2, 0) is 5.33 Å². The summed E-state index contributed by atoms with van der Waals surface area (Å²) in [6.07, 6.45) is 0. The van der Waals surface area contributed by atoms with Gasteiger partial charge in [-0.25, -0.2) is 13.8 Å². The molecule has 0 saturated carbocycles. The van der Waals surface area contributed by atoms with Crippen molar-refractivity contribution in [2.75, 3.05) is 0 Å². The van der Waals surface area contributed by atoms with Crippen LogP contribution in [0, 0.1) is 11.6 Å². The Morgan fingerprint density at radius 1 is 1.00 bits per heavy atom. The summed E-state index contributed by atoms with van der Waals surface area (Å²) in [6, 6.07) is 8.89. The topological polar surface area (TPSA) is 12.9 Å². The van der Waals surface area contributed by atoms with Crippen LogP contribution in [0.1, 0.15) is 5.69 Å². The first-order chi connectivity index (χ1) is 7.70. The molecule has 2 rings (SSSR count). The van der Waals surface area contributed by atoms with Gasteiger partial charge >= 0.3 is 0 Å². The zero-order chi connectivity index (χ0) is 11.5. The molecule has 0 saturated heterocycles. The Bertz CT molecular complexity index is 497. The molecular weight excluding hydrogens is 276 g/mol. The van der Waals surface area contributed by atoms with Crippen LogP contribution < -0.4 is 0 Å². The molecule has 0 spiro atoms. The van der Waals surface area contributed by atoms with Gasteiger partial charge in [0.1, 0.15) is 11.6 Å². The number of rotatable bonds is 2. The molecule has 82 valence electrons. The lowest BCUT2D eigenvalue weighted by atomic mass is 10.1. The Hall–Kier alpha value is -1.29. The smallest absolute Gasteiger partial charge is 0.145 e. The van der Waals surface area contributed by atoms with Crippen molar-refractivity contribution < 1.29 is 8.78 Å². The van der Waals surface area contributed by atoms with Crippen molar-refractivity contribution in [2.45, 2.75) is 5.33 Å². The minimum absolute atomic E-state index is 0.299. The van der Waals surface area contributed by atoms with Gasteiger partial charge in [0.15, 0.2) is 0 Å². The van der Waals surface area contributed by atoms with Crippen molar-refractivity contribution in [2.24, 2.45) is 0 Å². The predicted octanol–water partition coefficient (Wildman–Crippen LogP) is 3.92. The number of benzene rings is 1. The average Bonchev–Trinajstić information content (AvgIpc) is 2.31. The van der Waals surface area contributed by atoms with Gasteiger partial charge < -0.3 is 0 Å². The minimum Gasteiger partial charge on any atom is -0.249 e. The molecule has 0 aliphatic rings. The van der Waals surface area contributed by atoms with Gasteiger partial charge in [-0.05, 0) is 36.4 Å². The van der Waals surface area contributed by atoms with Gasteiger partial charge in [-0.2, -0.15) is 0 Å². The van der Waals surface area contributed by atoms with E-state index >= 15 is 0 Å². The van der Waals surface area contributed by atoms with Gasteiger partial charge in [0, 0.05) is 10.9 Å². The maximum absolute atomic E-state index is 13.2. The molecule has 1 aromatic carbocycles. The van der Waals surface area contributed by atoms with Gasteiger partial charge in [-0.3, -0.25) is 0 Å². The molecule has 4 heteroatoms. The Labute approximate surface area is 100 Å². The molecule has 1 nitrogen and oxygen atoms in total. The van der Waals surface area contributed by atoms with Crippen molar-refractivity contribution in [1.82, 2.24) is 4.98 Å². The standard InChI is InChI=1S/C12H8BrF2N/c13-7-12-10(15)5-6-11(16-12)8-1-3-9(14)4-2-8/h1-6H,7H2. The van der Waals surface area contributed by atoms with Crippen LogP contribution in [-0.4, -0.2) is 4.98 Å². The van der Waals surface area contributed by atoms with E-state index in [0.29, 0.717) is 16.7 Å². The van der Waals surface area contributed by atoms with Crippen molar-refractivity contribution in [1.29, 1.82) is 0 Å². The van der Waals surface area contributed by atoms with Gasteiger partial charge in [-0.1, -0.05) is 15.9 Å². The van der Waals surface area contributed by atoms with E-state index in [1.165, 1.54) is 18.2 Å². The molecule has 0 unspecified atom stereocenters. The lowest BCUT2D eigenvalue weighted by Crippen LogP contribution is -1.93. The predicted molar refractivity (Wildman–Crippen MR) is 62.2 cm³/mol. The molecule has 0 aliphatic carbocycles. The zero-order valence-corrected chi connectivity index (χ0v) is 9.84. The second-order valence-corrected chi connectivity index (χ2v) is 3.83. The highest BCUT2D eigenvalue weighted by Gasteiger charge is 2.05. The van der Waals surface area contributed by atoms with E-state index in [0.717, 1.165) is 5.56 Å². The summed E-state index contributed by atoms with van der Waals surface area (Å²) in [5, 5.41) is 0.355. The van der Waals surface area contributed by atoms with E-state index in [1.54, 1.807) is 18.2 Å². The molecule has 0 bridgehead atoms. The molecule has 1 aromatic heterocycles. The molecule has 0 atom stereocenters. The monoisotopic (exact) mass is 283 g/mol. The van der Waals surface area contributed by atoms with E-state index in [9.17, 15) is 8.78 Å². The van der Waals surface area contributed by atoms with Gasteiger partial charge in [0.2, 0.25) is 0 Å². The first-order valence-corrected chi connectivity index (χ1v) is 5.80. The second kappa shape index (κ2) is 4.70. The van der Waals surface area contributed by atoms with Crippen LogP contribution in [0.4, 0.5) is 8.78 Å². The Morgan fingerprint density at radius 2 is 1.69 bits per heavy atom. The number of aromatic nitrogens is 1. The Kier molecular flexibility index (Phi) is 3.29. The molecule has 2 aromatic rings. The van der Waals surface area contributed by atoms with E-state index in [2.05, 4.69) is 20.9 Å². The Morgan fingerprint density at radius 3 is 2.31 bits per heavy atom. The maximum Gasteiger partial charge on any atom is 0.145 e. The highest BCUT2D eigenvalue weighted by atomic mass is 79.9. The molecule has 0 aliphatic heterocycles. The lowest BCUT2D eigenvalue weighted by molar-refractivity contribution is 0.609. The molecule has 0 N–H and O–H groups in total. The molecule has 16 heavy (non-hydrogen) atoms. The first kappa shape index (κ1) is 11.2. The number of pyridine rings is 1. The normalized spacial score (nSPS) is 10.4. The number of halogens is 3. The van der Waals surface area contributed by atoms with Crippen LogP contribution in [0.3, 0.4) is 0 Å². The molecule has 0 fully saturated rings. The van der Waals surface area contributed by atoms with Crippen LogP contribution >= 0.6 is 15.9 Å². The maximum atomic E-state index is 13.2. The highest BCUT2D eigenvalue weighted by molar-refractivity contribution is 9.08. The molecular formula is C12H8BrF2N. The summed E-state index contributed by atoms with van der Waals surface area (Å²) in [4.78, 5) is 4.15. The van der Waals surface area contributed by atoms with Gasteiger partial charge in [-0.15, -0.1) is 0 Å². The van der Waals surface area contributed by atoms with E-state index in [1.807, 2.05) is 0 Å². The molecule has 0 amide bonds. The van der Waals surface area contributed by atoms with E-state index < -0.39 is 0 Å². The first-order valence-electron chi connectivity index (χ1n) is 4.68. The zero-order valence-electron chi connectivity index (χ0n) is 8.25. The quantitative estimate of drug-likeness (QED) is 0.762. The van der Waals surface area contributed by atoms with Crippen molar-refractivity contribution >= 4 is 15.9 Å². The van der Waals surface area contributed by atoms with Gasteiger partial charge in [0.05, 0.1) is 11.4 Å². The third kappa shape index (κ3) is 2.27. The summed E-state index contributed by atoms with van der Waals surface area (Å²) >= 11 is 3.16.